The number of amides is 1. The fourth-order valence-electron chi connectivity index (χ4n) is 3.14. The Bertz CT molecular complexity index is 1000. The van der Waals surface area contributed by atoms with Gasteiger partial charge in [0.1, 0.15) is 11.6 Å². The zero-order valence-corrected chi connectivity index (χ0v) is 17.4. The van der Waals surface area contributed by atoms with Crippen LogP contribution in [0.4, 0.5) is 14.5 Å². The highest BCUT2D eigenvalue weighted by atomic mass is 19.1. The fourth-order valence-corrected chi connectivity index (χ4v) is 3.14. The molecule has 0 saturated carbocycles. The van der Waals surface area contributed by atoms with Crippen molar-refractivity contribution in [3.63, 3.8) is 0 Å². The van der Waals surface area contributed by atoms with Crippen molar-refractivity contribution in [2.45, 2.75) is 32.7 Å². The third kappa shape index (κ3) is 5.51. The highest BCUT2D eigenvalue weighted by molar-refractivity contribution is 5.95. The summed E-state index contributed by atoms with van der Waals surface area (Å²) in [6, 6.07) is 12.2. The number of nitrogens with zero attached hydrogens (tertiary/aromatic N) is 2. The van der Waals surface area contributed by atoms with Gasteiger partial charge in [-0.25, -0.2) is 8.78 Å². The Labute approximate surface area is 175 Å². The molecule has 1 heterocycles. The van der Waals surface area contributed by atoms with Crippen LogP contribution in [0.3, 0.4) is 0 Å². The number of aromatic amines is 1. The van der Waals surface area contributed by atoms with E-state index in [1.807, 2.05) is 31.9 Å². The van der Waals surface area contributed by atoms with Gasteiger partial charge in [0.15, 0.2) is 0 Å². The lowest BCUT2D eigenvalue weighted by atomic mass is 10.1. The molecule has 0 saturated heterocycles. The molecule has 1 amide bonds. The molecule has 3 aromatic rings. The molecule has 1 atom stereocenters. The van der Waals surface area contributed by atoms with Gasteiger partial charge in [-0.05, 0) is 88.3 Å². The molecule has 1 aromatic heterocycles. The van der Waals surface area contributed by atoms with Crippen LogP contribution in [-0.4, -0.2) is 40.6 Å². The second-order valence-corrected chi connectivity index (χ2v) is 7.49. The molecule has 158 valence electrons. The van der Waals surface area contributed by atoms with Crippen molar-refractivity contribution in [2.24, 2.45) is 0 Å². The van der Waals surface area contributed by atoms with Crippen LogP contribution >= 0.6 is 0 Å². The van der Waals surface area contributed by atoms with Crippen LogP contribution in [0, 0.1) is 18.6 Å². The minimum absolute atomic E-state index is 0.175. The van der Waals surface area contributed by atoms with Gasteiger partial charge in [0.25, 0.3) is 0 Å². The number of aryl methyl sites for hydroxylation is 2. The third-order valence-corrected chi connectivity index (χ3v) is 5.23. The van der Waals surface area contributed by atoms with Gasteiger partial charge in [-0.1, -0.05) is 6.07 Å². The molecule has 0 spiro atoms. The Morgan fingerprint density at radius 1 is 1.13 bits per heavy atom. The lowest BCUT2D eigenvalue weighted by molar-refractivity contribution is -0.120. The predicted molar refractivity (Wildman–Crippen MR) is 114 cm³/mol. The van der Waals surface area contributed by atoms with E-state index in [1.54, 1.807) is 18.2 Å². The van der Waals surface area contributed by atoms with Gasteiger partial charge >= 0.3 is 0 Å². The molecular weight excluding hydrogens is 386 g/mol. The van der Waals surface area contributed by atoms with Crippen molar-refractivity contribution in [3.8, 4) is 11.3 Å². The fraction of sp³-hybridized carbons (Fsp3) is 0.304. The maximum absolute atomic E-state index is 13.4. The molecule has 2 aromatic carbocycles. The Kier molecular flexibility index (Phi) is 6.95. The molecule has 5 nitrogen and oxygen atoms in total. The second kappa shape index (κ2) is 9.63. The van der Waals surface area contributed by atoms with E-state index in [-0.39, 0.29) is 23.6 Å². The molecule has 7 heteroatoms. The maximum Gasteiger partial charge on any atom is 0.241 e. The average molecular weight is 412 g/mol. The van der Waals surface area contributed by atoms with Crippen LogP contribution < -0.4 is 5.32 Å². The van der Waals surface area contributed by atoms with Crippen molar-refractivity contribution in [1.82, 2.24) is 15.1 Å². The molecule has 3 rings (SSSR count). The number of likely N-dealkylation sites (N-methyl/N-ethyl adjacent to an activating group) is 1. The van der Waals surface area contributed by atoms with E-state index in [4.69, 9.17) is 0 Å². The number of halogens is 2. The Morgan fingerprint density at radius 3 is 2.57 bits per heavy atom. The first kappa shape index (κ1) is 21.6. The molecule has 1 unspecified atom stereocenters. The smallest absolute Gasteiger partial charge is 0.241 e. The summed E-state index contributed by atoms with van der Waals surface area (Å²) in [5.74, 6) is -0.828. The van der Waals surface area contributed by atoms with Crippen molar-refractivity contribution in [2.75, 3.05) is 18.9 Å². The van der Waals surface area contributed by atoms with Gasteiger partial charge in [-0.2, -0.15) is 5.10 Å². The summed E-state index contributed by atoms with van der Waals surface area (Å²) in [7, 11) is 1.89. The maximum atomic E-state index is 13.4. The number of aromatic nitrogens is 2. The molecule has 0 aliphatic carbocycles. The van der Waals surface area contributed by atoms with E-state index in [2.05, 4.69) is 15.5 Å². The standard InChI is InChI=1S/C23H26F2N4O/c1-15-6-9-19(25)13-21(15)26-23(30)16(2)29(3)12-4-5-20-14-22(28-27-20)17-7-10-18(24)11-8-17/h6-11,13-14,16H,4-5,12H2,1-3H3,(H,26,30)(H,27,28). The number of carbonyl (C=O) groups excluding carboxylic acids is 1. The Hall–Kier alpha value is -3.06. The summed E-state index contributed by atoms with van der Waals surface area (Å²) in [5, 5.41) is 10.1. The average Bonchev–Trinajstić information content (AvgIpc) is 3.19. The predicted octanol–water partition coefficient (Wildman–Crippen LogP) is 4.55. The van der Waals surface area contributed by atoms with E-state index in [1.165, 1.54) is 24.3 Å². The first-order valence-corrected chi connectivity index (χ1v) is 9.91. The van der Waals surface area contributed by atoms with Gasteiger partial charge in [0.05, 0.1) is 11.7 Å². The molecule has 0 fully saturated rings. The summed E-state index contributed by atoms with van der Waals surface area (Å²) in [6.07, 6.45) is 1.61. The van der Waals surface area contributed by atoms with Crippen LogP contribution in [-0.2, 0) is 11.2 Å². The number of benzene rings is 2. The van der Waals surface area contributed by atoms with Crippen LogP contribution in [0.15, 0.2) is 48.5 Å². The first-order valence-electron chi connectivity index (χ1n) is 9.91. The minimum atomic E-state index is -0.378. The number of carbonyl (C=O) groups is 1. The van der Waals surface area contributed by atoms with E-state index in [9.17, 15) is 13.6 Å². The zero-order valence-electron chi connectivity index (χ0n) is 17.4. The van der Waals surface area contributed by atoms with Gasteiger partial charge in [0, 0.05) is 16.9 Å². The number of rotatable bonds is 8. The summed E-state index contributed by atoms with van der Waals surface area (Å²) in [5.41, 5.74) is 3.92. The summed E-state index contributed by atoms with van der Waals surface area (Å²) < 4.78 is 26.5. The van der Waals surface area contributed by atoms with E-state index in [0.717, 1.165) is 35.4 Å². The lowest BCUT2D eigenvalue weighted by Crippen LogP contribution is -2.40. The topological polar surface area (TPSA) is 61.0 Å². The zero-order chi connectivity index (χ0) is 21.7. The number of H-pyrrole nitrogens is 1. The molecule has 0 aliphatic rings. The normalized spacial score (nSPS) is 12.2. The van der Waals surface area contributed by atoms with E-state index in [0.29, 0.717) is 12.2 Å². The molecule has 0 aliphatic heterocycles. The van der Waals surface area contributed by atoms with E-state index >= 15 is 0 Å². The van der Waals surface area contributed by atoms with Crippen LogP contribution in [0.1, 0.15) is 24.6 Å². The largest absolute Gasteiger partial charge is 0.324 e. The Morgan fingerprint density at radius 2 is 1.83 bits per heavy atom. The van der Waals surface area contributed by atoms with Gasteiger partial charge in [-0.15, -0.1) is 0 Å². The minimum Gasteiger partial charge on any atom is -0.324 e. The Balaban J connectivity index is 1.49. The summed E-state index contributed by atoms with van der Waals surface area (Å²) in [4.78, 5) is 14.5. The van der Waals surface area contributed by atoms with Gasteiger partial charge in [0.2, 0.25) is 5.91 Å². The molecule has 0 radical (unpaired) electrons. The number of hydrogen-bond donors (Lipinski definition) is 2. The number of nitrogens with one attached hydrogen (secondary N) is 2. The van der Waals surface area contributed by atoms with Crippen LogP contribution in [0.2, 0.25) is 0 Å². The summed E-state index contributed by atoms with van der Waals surface area (Å²) in [6.45, 7) is 4.36. The molecular formula is C23H26F2N4O. The van der Waals surface area contributed by atoms with Crippen molar-refractivity contribution < 1.29 is 13.6 Å². The quantitative estimate of drug-likeness (QED) is 0.570. The first-order chi connectivity index (χ1) is 14.3. The molecule has 0 bridgehead atoms. The van der Waals surface area contributed by atoms with Gasteiger partial charge in [-0.3, -0.25) is 14.8 Å². The summed E-state index contributed by atoms with van der Waals surface area (Å²) >= 11 is 0. The van der Waals surface area contributed by atoms with E-state index < -0.39 is 0 Å². The molecule has 30 heavy (non-hydrogen) atoms. The van der Waals surface area contributed by atoms with Crippen LogP contribution in [0.5, 0.6) is 0 Å². The third-order valence-electron chi connectivity index (χ3n) is 5.23. The lowest BCUT2D eigenvalue weighted by Gasteiger charge is -2.24. The van der Waals surface area contributed by atoms with Crippen molar-refractivity contribution in [3.05, 3.63) is 71.4 Å². The van der Waals surface area contributed by atoms with Crippen molar-refractivity contribution in [1.29, 1.82) is 0 Å². The number of anilines is 1. The SMILES string of the molecule is Cc1ccc(F)cc1NC(=O)C(C)N(C)CCCc1cc(-c2ccc(F)cc2)n[nH]1. The highest BCUT2D eigenvalue weighted by Crippen LogP contribution is 2.19. The van der Waals surface area contributed by atoms with Crippen LogP contribution in [0.25, 0.3) is 11.3 Å². The monoisotopic (exact) mass is 412 g/mol. The highest BCUT2D eigenvalue weighted by Gasteiger charge is 2.18. The van der Waals surface area contributed by atoms with Gasteiger partial charge < -0.3 is 5.32 Å². The molecule has 2 N–H and O–H groups in total. The second-order valence-electron chi connectivity index (χ2n) is 7.49. The number of hydrogen-bond acceptors (Lipinski definition) is 3. The van der Waals surface area contributed by atoms with Crippen molar-refractivity contribution >= 4 is 11.6 Å².